The van der Waals surface area contributed by atoms with Gasteiger partial charge in [-0.05, 0) is 24.3 Å². The Hall–Kier alpha value is -3.24. The van der Waals surface area contributed by atoms with E-state index in [0.29, 0.717) is 5.56 Å². The van der Waals surface area contributed by atoms with Gasteiger partial charge in [0.2, 0.25) is 0 Å². The number of rotatable bonds is 5. The zero-order chi connectivity index (χ0) is 25.7. The summed E-state index contributed by atoms with van der Waals surface area (Å²) in [7, 11) is -5.24. The molecule has 0 unspecified atom stereocenters. The highest BCUT2D eigenvalue weighted by Gasteiger charge is 2.49. The van der Waals surface area contributed by atoms with Gasteiger partial charge in [0.25, 0.3) is 0 Å². The summed E-state index contributed by atoms with van der Waals surface area (Å²) in [5.74, 6) is -1.69. The largest absolute Gasteiger partial charge is 0.508 e. The van der Waals surface area contributed by atoms with Gasteiger partial charge in [-0.15, -0.1) is 0 Å². The van der Waals surface area contributed by atoms with E-state index in [0.717, 1.165) is 12.1 Å². The summed E-state index contributed by atoms with van der Waals surface area (Å²) in [6.07, 6.45) is -9.44. The van der Waals surface area contributed by atoms with Gasteiger partial charge in [0, 0.05) is 17.7 Å². The number of aliphatic hydroxyl groups excluding tert-OH is 3. The van der Waals surface area contributed by atoms with E-state index in [4.69, 9.17) is 13.7 Å². The highest BCUT2D eigenvalue weighted by molar-refractivity contribution is 7.80. The lowest BCUT2D eigenvalue weighted by Gasteiger charge is -2.41. The first-order chi connectivity index (χ1) is 16.4. The average molecular weight is 512 g/mol. The number of aromatic hydroxyl groups is 3. The molecule has 14 heteroatoms. The molecule has 1 aromatic heterocycles. The van der Waals surface area contributed by atoms with E-state index in [1.165, 1.54) is 24.3 Å². The van der Waals surface area contributed by atoms with E-state index in [-0.39, 0.29) is 17.1 Å². The van der Waals surface area contributed by atoms with E-state index in [9.17, 15) is 43.9 Å². The van der Waals surface area contributed by atoms with Crippen molar-refractivity contribution in [1.82, 2.24) is 0 Å². The minimum atomic E-state index is -5.24. The van der Waals surface area contributed by atoms with Crippen LogP contribution in [-0.2, 0) is 19.3 Å². The van der Waals surface area contributed by atoms with Crippen LogP contribution in [0.4, 0.5) is 0 Å². The van der Waals surface area contributed by atoms with Gasteiger partial charge >= 0.3 is 10.4 Å². The van der Waals surface area contributed by atoms with Crippen LogP contribution in [0.2, 0.25) is 0 Å². The Bertz CT molecular complexity index is 1410. The molecular formula is C21H20O13S. The van der Waals surface area contributed by atoms with Crippen LogP contribution in [0, 0.1) is 0 Å². The third-order valence-corrected chi connectivity index (χ3v) is 6.01. The Morgan fingerprint density at radius 1 is 1.00 bits per heavy atom. The lowest BCUT2D eigenvalue weighted by molar-refractivity contribution is -0.226. The summed E-state index contributed by atoms with van der Waals surface area (Å²) in [6.45, 7) is -0.861. The quantitative estimate of drug-likeness (QED) is 0.222. The van der Waals surface area contributed by atoms with E-state index >= 15 is 0 Å². The first kappa shape index (κ1) is 24.9. The Morgan fingerprint density at radius 3 is 2.26 bits per heavy atom. The van der Waals surface area contributed by atoms with Crippen molar-refractivity contribution in [2.24, 2.45) is 0 Å². The second-order valence-corrected chi connectivity index (χ2v) is 8.85. The van der Waals surface area contributed by atoms with Crippen LogP contribution in [0.25, 0.3) is 22.3 Å². The zero-order valence-electron chi connectivity index (χ0n) is 17.5. The monoisotopic (exact) mass is 512 g/mol. The number of phenolic OH excluding ortho intramolecular Hbond substituents is 3. The fraction of sp³-hybridized carbons (Fsp3) is 0.286. The molecule has 0 amide bonds. The first-order valence-corrected chi connectivity index (χ1v) is 11.4. The zero-order valence-corrected chi connectivity index (χ0v) is 18.4. The van der Waals surface area contributed by atoms with E-state index in [2.05, 4.69) is 4.18 Å². The number of benzene rings is 2. The van der Waals surface area contributed by atoms with E-state index < -0.39 is 75.4 Å². The molecule has 1 aliphatic rings. The molecule has 35 heavy (non-hydrogen) atoms. The molecule has 0 spiro atoms. The van der Waals surface area contributed by atoms with Gasteiger partial charge in [-0.1, -0.05) is 0 Å². The van der Waals surface area contributed by atoms with Gasteiger partial charge in [0.1, 0.15) is 64.5 Å². The summed E-state index contributed by atoms with van der Waals surface area (Å²) < 4.78 is 47.2. The maximum Gasteiger partial charge on any atom is 0.397 e. The molecule has 0 aliphatic carbocycles. The maximum absolute atomic E-state index is 12.9. The molecule has 1 saturated heterocycles. The van der Waals surface area contributed by atoms with Gasteiger partial charge in [-0.2, -0.15) is 8.42 Å². The fourth-order valence-electron chi connectivity index (χ4n) is 3.92. The predicted molar refractivity (Wildman–Crippen MR) is 116 cm³/mol. The lowest BCUT2D eigenvalue weighted by atomic mass is 9.89. The van der Waals surface area contributed by atoms with Crippen molar-refractivity contribution >= 4 is 21.4 Å². The molecule has 0 saturated carbocycles. The van der Waals surface area contributed by atoms with Gasteiger partial charge in [0.15, 0.2) is 5.43 Å². The van der Waals surface area contributed by atoms with Crippen molar-refractivity contribution in [1.29, 1.82) is 0 Å². The van der Waals surface area contributed by atoms with Gasteiger partial charge in [-0.3, -0.25) is 9.35 Å². The van der Waals surface area contributed by atoms with Gasteiger partial charge in [0.05, 0.1) is 12.2 Å². The van der Waals surface area contributed by atoms with Crippen LogP contribution < -0.4 is 5.43 Å². The number of fused-ring (bicyclic) bond motifs is 1. The Labute approximate surface area is 196 Å². The van der Waals surface area contributed by atoms with Crippen molar-refractivity contribution in [3.05, 3.63) is 52.2 Å². The molecule has 7 N–H and O–H groups in total. The van der Waals surface area contributed by atoms with Crippen molar-refractivity contribution in [3.63, 3.8) is 0 Å². The second-order valence-electron chi connectivity index (χ2n) is 7.80. The van der Waals surface area contributed by atoms with Crippen molar-refractivity contribution < 1.29 is 56.9 Å². The summed E-state index contributed by atoms with van der Waals surface area (Å²) >= 11 is 0. The minimum Gasteiger partial charge on any atom is -0.508 e. The van der Waals surface area contributed by atoms with Crippen LogP contribution in [0.5, 0.6) is 17.2 Å². The third-order valence-electron chi connectivity index (χ3n) is 5.55. The molecule has 2 heterocycles. The Morgan fingerprint density at radius 2 is 1.66 bits per heavy atom. The van der Waals surface area contributed by atoms with Crippen LogP contribution in [-0.4, -0.2) is 74.6 Å². The number of ether oxygens (including phenoxy) is 1. The number of phenols is 3. The van der Waals surface area contributed by atoms with Crippen LogP contribution in [0.3, 0.4) is 0 Å². The molecule has 4 rings (SSSR count). The van der Waals surface area contributed by atoms with Crippen LogP contribution in [0.1, 0.15) is 11.7 Å². The smallest absolute Gasteiger partial charge is 0.397 e. The molecular weight excluding hydrogens is 492 g/mol. The highest BCUT2D eigenvalue weighted by Crippen LogP contribution is 2.45. The Kier molecular flexibility index (Phi) is 6.46. The summed E-state index contributed by atoms with van der Waals surface area (Å²) in [6, 6.07) is 7.58. The van der Waals surface area contributed by atoms with Crippen molar-refractivity contribution in [2.45, 2.75) is 30.5 Å². The number of aliphatic hydroxyl groups is 3. The molecule has 1 fully saturated rings. The standard InChI is InChI=1S/C21H20O13S/c22-7-14-17(26)19(28)21(34-35(29,30)31)20(33-14)16-11(25)6-13-15(18(16)27)10(24)5-12(32-13)8-1-3-9(23)4-2-8/h1-6,14,17,19-23,25-28H,7H2,(H,29,30,31)/t14-,17-,19+,20+,21-/m1/s1. The molecule has 1 aliphatic heterocycles. The van der Waals surface area contributed by atoms with E-state index in [1.54, 1.807) is 0 Å². The Balaban J connectivity index is 1.89. The lowest BCUT2D eigenvalue weighted by Crippen LogP contribution is -2.56. The highest BCUT2D eigenvalue weighted by atomic mass is 32.3. The molecule has 5 atom stereocenters. The first-order valence-electron chi connectivity index (χ1n) is 10.0. The SMILES string of the molecule is O=c1cc(-c2ccc(O)cc2)oc2cc(O)c([C@@H]3O[C@H](CO)[C@@H](O)[C@H](O)[C@H]3OS(=O)(=O)O)c(O)c12. The fourth-order valence-corrected chi connectivity index (χ4v) is 4.42. The maximum atomic E-state index is 12.9. The number of hydrogen-bond donors (Lipinski definition) is 7. The van der Waals surface area contributed by atoms with Gasteiger partial charge < -0.3 is 39.8 Å². The summed E-state index contributed by atoms with van der Waals surface area (Å²) in [4.78, 5) is 12.9. The van der Waals surface area contributed by atoms with Gasteiger partial charge in [-0.25, -0.2) is 4.18 Å². The van der Waals surface area contributed by atoms with Crippen molar-refractivity contribution in [2.75, 3.05) is 6.61 Å². The van der Waals surface area contributed by atoms with E-state index in [1.807, 2.05) is 0 Å². The average Bonchev–Trinajstić information content (AvgIpc) is 2.77. The topological polar surface area (TPSA) is 224 Å². The second kappa shape index (κ2) is 9.09. The molecule has 188 valence electrons. The van der Waals surface area contributed by atoms with Crippen LogP contribution >= 0.6 is 0 Å². The molecule has 0 bridgehead atoms. The molecule has 13 nitrogen and oxygen atoms in total. The van der Waals surface area contributed by atoms with Crippen molar-refractivity contribution in [3.8, 4) is 28.6 Å². The summed E-state index contributed by atoms with van der Waals surface area (Å²) in [5, 5.41) is 60.4. The normalized spacial score (nSPS) is 25.1. The summed E-state index contributed by atoms with van der Waals surface area (Å²) in [5.41, 5.74) is -1.29. The minimum absolute atomic E-state index is 0.0283. The molecule has 2 aromatic carbocycles. The van der Waals surface area contributed by atoms with Crippen LogP contribution in [0.15, 0.2) is 45.6 Å². The predicted octanol–water partition coefficient (Wildman–Crippen LogP) is -0.0812. The molecule has 3 aromatic rings. The molecule has 0 radical (unpaired) electrons. The third kappa shape index (κ3) is 4.68. The number of hydrogen-bond acceptors (Lipinski definition) is 12.